The summed E-state index contributed by atoms with van der Waals surface area (Å²) in [6, 6.07) is 21.7. The first-order chi connectivity index (χ1) is 17.4. The van der Waals surface area contributed by atoms with Gasteiger partial charge in [0.1, 0.15) is 11.5 Å². The molecule has 0 saturated heterocycles. The van der Waals surface area contributed by atoms with E-state index in [2.05, 4.69) is 15.3 Å². The first-order valence-electron chi connectivity index (χ1n) is 11.7. The Morgan fingerprint density at radius 2 is 1.53 bits per heavy atom. The van der Waals surface area contributed by atoms with Crippen LogP contribution in [0.3, 0.4) is 0 Å². The summed E-state index contributed by atoms with van der Waals surface area (Å²) in [6.45, 7) is 0. The molecule has 0 aliphatic rings. The van der Waals surface area contributed by atoms with Crippen LogP contribution in [-0.4, -0.2) is 39.0 Å². The standard InChI is InChI=1S/C28H27FN4O3/c29-21-12-10-19(11-13-21)14-20(27(30)35)16-26(34)24(15-18-6-2-1-3-7-18)33-28(36)25-17-31-22-8-4-5-9-23(22)32-25/h1-13,17,20,24,26,34H,14-16H2,(H2,30,35)(H,33,36)/t20-,24?,26+/m1/s1. The van der Waals surface area contributed by atoms with Crippen molar-refractivity contribution in [2.75, 3.05) is 0 Å². The number of amides is 2. The summed E-state index contributed by atoms with van der Waals surface area (Å²) in [4.78, 5) is 33.9. The molecule has 0 saturated carbocycles. The summed E-state index contributed by atoms with van der Waals surface area (Å²) >= 11 is 0. The predicted molar refractivity (Wildman–Crippen MR) is 134 cm³/mol. The maximum Gasteiger partial charge on any atom is 0.271 e. The Morgan fingerprint density at radius 3 is 2.22 bits per heavy atom. The number of fused-ring (bicyclic) bond motifs is 1. The number of aliphatic hydroxyl groups excluding tert-OH is 1. The van der Waals surface area contributed by atoms with Crippen LogP contribution in [0.25, 0.3) is 11.0 Å². The maximum absolute atomic E-state index is 13.3. The number of nitrogens with one attached hydrogen (secondary N) is 1. The lowest BCUT2D eigenvalue weighted by Crippen LogP contribution is -2.46. The molecular formula is C28H27FN4O3. The number of carbonyl (C=O) groups excluding carboxylic acids is 2. The number of hydrogen-bond donors (Lipinski definition) is 3. The molecule has 0 aliphatic heterocycles. The highest BCUT2D eigenvalue weighted by Gasteiger charge is 2.28. The van der Waals surface area contributed by atoms with Crippen molar-refractivity contribution in [1.29, 1.82) is 0 Å². The number of aliphatic hydroxyl groups is 1. The molecule has 3 atom stereocenters. The highest BCUT2D eigenvalue weighted by Crippen LogP contribution is 2.19. The van der Waals surface area contributed by atoms with Gasteiger partial charge in [-0.3, -0.25) is 14.6 Å². The third-order valence-corrected chi connectivity index (χ3v) is 6.08. The van der Waals surface area contributed by atoms with Crippen LogP contribution >= 0.6 is 0 Å². The first kappa shape index (κ1) is 24.9. The van der Waals surface area contributed by atoms with Gasteiger partial charge in [0.15, 0.2) is 0 Å². The molecular weight excluding hydrogens is 459 g/mol. The van der Waals surface area contributed by atoms with Gasteiger partial charge in [-0.1, -0.05) is 54.6 Å². The van der Waals surface area contributed by atoms with Crippen molar-refractivity contribution in [3.63, 3.8) is 0 Å². The fourth-order valence-corrected chi connectivity index (χ4v) is 4.12. The third kappa shape index (κ3) is 6.49. The van der Waals surface area contributed by atoms with Crippen molar-refractivity contribution in [1.82, 2.24) is 15.3 Å². The van der Waals surface area contributed by atoms with E-state index in [-0.39, 0.29) is 24.4 Å². The monoisotopic (exact) mass is 486 g/mol. The van der Waals surface area contributed by atoms with Crippen LogP contribution in [0.15, 0.2) is 85.1 Å². The van der Waals surface area contributed by atoms with Gasteiger partial charge in [-0.25, -0.2) is 9.37 Å². The van der Waals surface area contributed by atoms with Crippen molar-refractivity contribution >= 4 is 22.8 Å². The molecule has 0 spiro atoms. The summed E-state index contributed by atoms with van der Waals surface area (Å²) in [5, 5.41) is 14.0. The van der Waals surface area contributed by atoms with Crippen LogP contribution < -0.4 is 11.1 Å². The number of benzene rings is 3. The van der Waals surface area contributed by atoms with Gasteiger partial charge in [0, 0.05) is 5.92 Å². The normalized spacial score (nSPS) is 13.6. The molecule has 1 heterocycles. The summed E-state index contributed by atoms with van der Waals surface area (Å²) in [5.41, 5.74) is 8.63. The fraction of sp³-hybridized carbons (Fsp3) is 0.214. The van der Waals surface area contributed by atoms with Crippen LogP contribution in [-0.2, 0) is 17.6 Å². The molecule has 2 amide bonds. The van der Waals surface area contributed by atoms with E-state index in [1.807, 2.05) is 42.5 Å². The van der Waals surface area contributed by atoms with Crippen LogP contribution in [0.4, 0.5) is 4.39 Å². The fourth-order valence-electron chi connectivity index (χ4n) is 4.12. The van der Waals surface area contributed by atoms with Crippen LogP contribution in [0.1, 0.15) is 28.0 Å². The van der Waals surface area contributed by atoms with E-state index in [4.69, 9.17) is 5.73 Å². The Hall–Kier alpha value is -4.17. The molecule has 8 heteroatoms. The summed E-state index contributed by atoms with van der Waals surface area (Å²) in [6.07, 6.45) is 0.907. The van der Waals surface area contributed by atoms with Crippen LogP contribution in [0.5, 0.6) is 0 Å². The van der Waals surface area contributed by atoms with E-state index >= 15 is 0 Å². The van der Waals surface area contributed by atoms with E-state index in [9.17, 15) is 19.1 Å². The Bertz CT molecular complexity index is 1330. The Morgan fingerprint density at radius 1 is 0.889 bits per heavy atom. The zero-order valence-electron chi connectivity index (χ0n) is 19.5. The van der Waals surface area contributed by atoms with Gasteiger partial charge < -0.3 is 16.2 Å². The topological polar surface area (TPSA) is 118 Å². The van der Waals surface area contributed by atoms with Gasteiger partial charge in [-0.15, -0.1) is 0 Å². The van der Waals surface area contributed by atoms with Gasteiger partial charge in [0.05, 0.1) is 29.4 Å². The Balaban J connectivity index is 1.53. The van der Waals surface area contributed by atoms with Gasteiger partial charge in [0.25, 0.3) is 5.91 Å². The minimum Gasteiger partial charge on any atom is -0.391 e. The number of aromatic nitrogens is 2. The predicted octanol–water partition coefficient (Wildman–Crippen LogP) is 3.21. The van der Waals surface area contributed by atoms with Crippen molar-refractivity contribution in [2.45, 2.75) is 31.4 Å². The minimum absolute atomic E-state index is 0.0217. The molecule has 36 heavy (non-hydrogen) atoms. The lowest BCUT2D eigenvalue weighted by molar-refractivity contribution is -0.122. The second-order valence-electron chi connectivity index (χ2n) is 8.75. The first-order valence-corrected chi connectivity index (χ1v) is 11.7. The highest BCUT2D eigenvalue weighted by atomic mass is 19.1. The second-order valence-corrected chi connectivity index (χ2v) is 8.75. The van der Waals surface area contributed by atoms with Crippen molar-refractivity contribution in [2.24, 2.45) is 11.7 Å². The van der Waals surface area contributed by atoms with E-state index in [0.29, 0.717) is 17.5 Å². The number of halogens is 1. The largest absolute Gasteiger partial charge is 0.391 e. The average molecular weight is 487 g/mol. The van der Waals surface area contributed by atoms with Crippen molar-refractivity contribution in [3.8, 4) is 0 Å². The average Bonchev–Trinajstić information content (AvgIpc) is 2.89. The second kappa shape index (κ2) is 11.5. The molecule has 0 radical (unpaired) electrons. The molecule has 0 fully saturated rings. The summed E-state index contributed by atoms with van der Waals surface area (Å²) in [5.74, 6) is -2.15. The number of para-hydroxylation sites is 2. The minimum atomic E-state index is -1.08. The zero-order chi connectivity index (χ0) is 25.5. The van der Waals surface area contributed by atoms with Gasteiger partial charge in [0.2, 0.25) is 5.91 Å². The maximum atomic E-state index is 13.3. The van der Waals surface area contributed by atoms with Crippen molar-refractivity contribution < 1.29 is 19.1 Å². The summed E-state index contributed by atoms with van der Waals surface area (Å²) in [7, 11) is 0. The summed E-state index contributed by atoms with van der Waals surface area (Å²) < 4.78 is 13.3. The van der Waals surface area contributed by atoms with E-state index in [0.717, 1.165) is 11.1 Å². The van der Waals surface area contributed by atoms with E-state index in [1.165, 1.54) is 18.3 Å². The molecule has 0 aliphatic carbocycles. The Labute approximate surface area is 208 Å². The molecule has 4 aromatic rings. The van der Waals surface area contributed by atoms with Crippen LogP contribution in [0, 0.1) is 11.7 Å². The Kier molecular flexibility index (Phi) is 7.97. The van der Waals surface area contributed by atoms with E-state index < -0.39 is 29.9 Å². The molecule has 1 unspecified atom stereocenters. The molecule has 184 valence electrons. The molecule has 4 N–H and O–H groups in total. The number of carbonyl (C=O) groups is 2. The molecule has 7 nitrogen and oxygen atoms in total. The zero-order valence-corrected chi connectivity index (χ0v) is 19.5. The molecule has 0 bridgehead atoms. The quantitative estimate of drug-likeness (QED) is 0.318. The molecule has 3 aromatic carbocycles. The number of nitrogens with two attached hydrogens (primary N) is 1. The number of primary amides is 1. The SMILES string of the molecule is NC(=O)[C@H](Cc1ccc(F)cc1)C[C@H](O)C(Cc1ccccc1)NC(=O)c1cnc2ccccc2n1. The lowest BCUT2D eigenvalue weighted by atomic mass is 9.89. The lowest BCUT2D eigenvalue weighted by Gasteiger charge is -2.27. The van der Waals surface area contributed by atoms with Gasteiger partial charge in [-0.05, 0) is 54.7 Å². The van der Waals surface area contributed by atoms with Crippen LogP contribution in [0.2, 0.25) is 0 Å². The smallest absolute Gasteiger partial charge is 0.271 e. The molecule has 1 aromatic heterocycles. The van der Waals surface area contributed by atoms with E-state index in [1.54, 1.807) is 24.3 Å². The number of rotatable bonds is 10. The highest BCUT2D eigenvalue weighted by molar-refractivity contribution is 5.94. The molecule has 4 rings (SSSR count). The third-order valence-electron chi connectivity index (χ3n) is 6.08. The van der Waals surface area contributed by atoms with Gasteiger partial charge in [-0.2, -0.15) is 0 Å². The number of nitrogens with zero attached hydrogens (tertiary/aromatic N) is 2. The van der Waals surface area contributed by atoms with Gasteiger partial charge >= 0.3 is 0 Å². The number of hydrogen-bond acceptors (Lipinski definition) is 5. The van der Waals surface area contributed by atoms with Crippen molar-refractivity contribution in [3.05, 3.63) is 108 Å².